The smallest absolute Gasteiger partial charge is 0.306 e. The number of carbonyl (C=O) groups excluding carboxylic acids is 1. The number of ether oxygens (including phenoxy) is 2. The molecule has 41 heavy (non-hydrogen) atoms. The number of benzene rings is 1. The zero-order valence-corrected chi connectivity index (χ0v) is 22.8. The van der Waals surface area contributed by atoms with Gasteiger partial charge in [-0.2, -0.15) is 5.10 Å². The van der Waals surface area contributed by atoms with Crippen LogP contribution in [0.1, 0.15) is 32.8 Å². The van der Waals surface area contributed by atoms with Crippen LogP contribution >= 0.6 is 0 Å². The fraction of sp³-hybridized carbons (Fsp3) is 0.276. The standard InChI is InChI=1S/C29H27N9O3/c1-5-19-11-20(6-7-23(19)40-21-8-9-38-24(12-21)32-17-34-38)35-27-26-22(31-16-33-27)13-30-28(36-26)37-14-18(15-37)10-25(39)41-29(2,3)4/h1,6-9,11-13,16-18H,10,14-15H2,2-4H3,(H,31,33,35). The highest BCUT2D eigenvalue weighted by molar-refractivity contribution is 5.87. The van der Waals surface area contributed by atoms with E-state index in [9.17, 15) is 4.79 Å². The molecule has 0 saturated carbocycles. The third-order valence-corrected chi connectivity index (χ3v) is 6.36. The summed E-state index contributed by atoms with van der Waals surface area (Å²) in [5.74, 6) is 4.86. The predicted octanol–water partition coefficient (Wildman–Crippen LogP) is 4.15. The van der Waals surface area contributed by atoms with E-state index < -0.39 is 5.60 Å². The summed E-state index contributed by atoms with van der Waals surface area (Å²) in [6, 6.07) is 9.01. The van der Waals surface area contributed by atoms with E-state index in [1.165, 1.54) is 12.7 Å². The number of rotatable bonds is 7. The summed E-state index contributed by atoms with van der Waals surface area (Å²) in [6.45, 7) is 6.93. The summed E-state index contributed by atoms with van der Waals surface area (Å²) < 4.78 is 13.1. The lowest BCUT2D eigenvalue weighted by molar-refractivity contribution is -0.156. The average Bonchev–Trinajstić information content (AvgIpc) is 3.38. The Bertz CT molecular complexity index is 1800. The second-order valence-electron chi connectivity index (χ2n) is 10.7. The van der Waals surface area contributed by atoms with Crippen molar-refractivity contribution in [1.29, 1.82) is 0 Å². The summed E-state index contributed by atoms with van der Waals surface area (Å²) in [4.78, 5) is 36.3. The first-order chi connectivity index (χ1) is 19.7. The maximum absolute atomic E-state index is 12.2. The molecular weight excluding hydrogens is 522 g/mol. The first kappa shape index (κ1) is 25.9. The number of hydrogen-bond acceptors (Lipinski definition) is 11. The van der Waals surface area contributed by atoms with Gasteiger partial charge in [0.25, 0.3) is 0 Å². The van der Waals surface area contributed by atoms with Crippen molar-refractivity contribution in [3.63, 3.8) is 0 Å². The van der Waals surface area contributed by atoms with Gasteiger partial charge in [-0.05, 0) is 45.0 Å². The molecule has 0 spiro atoms. The molecule has 1 saturated heterocycles. The van der Waals surface area contributed by atoms with Crippen molar-refractivity contribution in [2.24, 2.45) is 5.92 Å². The van der Waals surface area contributed by atoms with Gasteiger partial charge in [-0.1, -0.05) is 5.92 Å². The molecule has 1 aliphatic heterocycles. The summed E-state index contributed by atoms with van der Waals surface area (Å²) in [7, 11) is 0. The normalized spacial score (nSPS) is 13.6. The number of pyridine rings is 1. The van der Waals surface area contributed by atoms with E-state index in [4.69, 9.17) is 20.9 Å². The summed E-state index contributed by atoms with van der Waals surface area (Å²) >= 11 is 0. The van der Waals surface area contributed by atoms with E-state index in [1.807, 2.05) is 31.7 Å². The van der Waals surface area contributed by atoms with Crippen LogP contribution < -0.4 is 15.0 Å². The van der Waals surface area contributed by atoms with Gasteiger partial charge in [0.1, 0.15) is 40.8 Å². The Kier molecular flexibility index (Phi) is 6.55. The first-order valence-electron chi connectivity index (χ1n) is 13.0. The number of nitrogens with zero attached hydrogens (tertiary/aromatic N) is 8. The summed E-state index contributed by atoms with van der Waals surface area (Å²) in [6.07, 6.45) is 12.5. The number of esters is 1. The van der Waals surface area contributed by atoms with Crippen LogP contribution in [0.25, 0.3) is 16.7 Å². The summed E-state index contributed by atoms with van der Waals surface area (Å²) in [5, 5.41) is 7.39. The Balaban J connectivity index is 1.17. The van der Waals surface area contributed by atoms with Crippen molar-refractivity contribution in [1.82, 2.24) is 34.5 Å². The molecule has 0 amide bonds. The Labute approximate surface area is 235 Å². The van der Waals surface area contributed by atoms with Crippen LogP contribution in [0.4, 0.5) is 17.5 Å². The number of nitrogens with one attached hydrogen (secondary N) is 1. The lowest BCUT2D eigenvalue weighted by atomic mass is 9.97. The zero-order chi connectivity index (χ0) is 28.6. The van der Waals surface area contributed by atoms with E-state index in [-0.39, 0.29) is 11.9 Å². The molecule has 6 rings (SSSR count). The minimum atomic E-state index is -0.493. The number of hydrogen-bond donors (Lipinski definition) is 1. The molecular formula is C29H27N9O3. The molecule has 1 fully saturated rings. The molecule has 1 N–H and O–H groups in total. The van der Waals surface area contributed by atoms with Crippen molar-refractivity contribution in [3.8, 4) is 23.8 Å². The molecule has 0 radical (unpaired) electrons. The van der Waals surface area contributed by atoms with E-state index in [2.05, 4.69) is 36.3 Å². The van der Waals surface area contributed by atoms with Gasteiger partial charge in [0.15, 0.2) is 11.5 Å². The third-order valence-electron chi connectivity index (χ3n) is 6.36. The highest BCUT2D eigenvalue weighted by atomic mass is 16.6. The zero-order valence-electron chi connectivity index (χ0n) is 22.8. The van der Waals surface area contributed by atoms with Gasteiger partial charge in [-0.25, -0.2) is 29.4 Å². The Morgan fingerprint density at radius 3 is 2.78 bits per heavy atom. The molecule has 1 aliphatic rings. The van der Waals surface area contributed by atoms with Gasteiger partial charge in [-0.3, -0.25) is 4.79 Å². The predicted molar refractivity (Wildman–Crippen MR) is 152 cm³/mol. The fourth-order valence-corrected chi connectivity index (χ4v) is 4.50. The minimum absolute atomic E-state index is 0.190. The van der Waals surface area contributed by atoms with Crippen LogP contribution in [0.15, 0.2) is 55.4 Å². The Morgan fingerprint density at radius 1 is 1.12 bits per heavy atom. The number of fused-ring (bicyclic) bond motifs is 2. The number of terminal acetylenes is 1. The lowest BCUT2D eigenvalue weighted by Crippen LogP contribution is -2.48. The Morgan fingerprint density at radius 2 is 1.98 bits per heavy atom. The molecule has 0 aliphatic carbocycles. The molecule has 5 aromatic rings. The molecule has 0 bridgehead atoms. The highest BCUT2D eigenvalue weighted by Gasteiger charge is 2.32. The summed E-state index contributed by atoms with van der Waals surface area (Å²) in [5.41, 5.74) is 2.60. The fourth-order valence-electron chi connectivity index (χ4n) is 4.50. The van der Waals surface area contributed by atoms with Crippen LogP contribution in [0.3, 0.4) is 0 Å². The van der Waals surface area contributed by atoms with Gasteiger partial charge in [0, 0.05) is 37.0 Å². The van der Waals surface area contributed by atoms with E-state index >= 15 is 0 Å². The molecule has 4 aromatic heterocycles. The third kappa shape index (κ3) is 5.69. The quantitative estimate of drug-likeness (QED) is 0.232. The molecule has 0 atom stereocenters. The van der Waals surface area contributed by atoms with E-state index in [1.54, 1.807) is 41.2 Å². The molecule has 12 heteroatoms. The molecule has 12 nitrogen and oxygen atoms in total. The molecule has 206 valence electrons. The Hall–Kier alpha value is -5.31. The second-order valence-corrected chi connectivity index (χ2v) is 10.7. The number of aromatic nitrogens is 7. The molecule has 0 unspecified atom stereocenters. The number of anilines is 3. The van der Waals surface area contributed by atoms with Gasteiger partial charge >= 0.3 is 5.97 Å². The van der Waals surface area contributed by atoms with E-state index in [0.29, 0.717) is 70.7 Å². The minimum Gasteiger partial charge on any atom is -0.460 e. The van der Waals surface area contributed by atoms with Crippen LogP contribution in [-0.4, -0.2) is 59.2 Å². The van der Waals surface area contributed by atoms with Gasteiger partial charge in [-0.15, -0.1) is 6.42 Å². The van der Waals surface area contributed by atoms with E-state index in [0.717, 1.165) is 0 Å². The molecule has 1 aromatic carbocycles. The maximum atomic E-state index is 12.2. The largest absolute Gasteiger partial charge is 0.460 e. The lowest BCUT2D eigenvalue weighted by Gasteiger charge is -2.39. The molecule has 5 heterocycles. The van der Waals surface area contributed by atoms with Crippen molar-refractivity contribution in [3.05, 3.63) is 60.9 Å². The van der Waals surface area contributed by atoms with Crippen LogP contribution in [-0.2, 0) is 9.53 Å². The maximum Gasteiger partial charge on any atom is 0.306 e. The van der Waals surface area contributed by atoms with Gasteiger partial charge in [0.2, 0.25) is 5.95 Å². The highest BCUT2D eigenvalue weighted by Crippen LogP contribution is 2.31. The van der Waals surface area contributed by atoms with Crippen molar-refractivity contribution < 1.29 is 14.3 Å². The topological polar surface area (TPSA) is 133 Å². The van der Waals surface area contributed by atoms with Crippen molar-refractivity contribution >= 4 is 40.1 Å². The van der Waals surface area contributed by atoms with Crippen LogP contribution in [0.5, 0.6) is 11.5 Å². The SMILES string of the molecule is C#Cc1cc(Nc2ncnc3cnc(N4CC(CC(=O)OC(C)(C)C)C4)nc23)ccc1Oc1ccn2ncnc2c1. The van der Waals surface area contributed by atoms with Crippen molar-refractivity contribution in [2.75, 3.05) is 23.3 Å². The number of carbonyl (C=O) groups is 1. The van der Waals surface area contributed by atoms with Crippen LogP contribution in [0.2, 0.25) is 0 Å². The van der Waals surface area contributed by atoms with Crippen molar-refractivity contribution in [2.45, 2.75) is 32.8 Å². The van der Waals surface area contributed by atoms with Gasteiger partial charge in [0.05, 0.1) is 18.2 Å². The average molecular weight is 550 g/mol. The first-order valence-corrected chi connectivity index (χ1v) is 13.0. The second kappa shape index (κ2) is 10.3. The van der Waals surface area contributed by atoms with Crippen LogP contribution in [0, 0.1) is 18.3 Å². The monoisotopic (exact) mass is 549 g/mol. The van der Waals surface area contributed by atoms with Gasteiger partial charge < -0.3 is 19.7 Å².